The number of carbonyl (C=O) groups excluding carboxylic acids is 1. The summed E-state index contributed by atoms with van der Waals surface area (Å²) in [5.41, 5.74) is 4.32. The number of benzene rings is 2. The quantitative estimate of drug-likeness (QED) is 0.468. The Hall–Kier alpha value is -3.65. The van der Waals surface area contributed by atoms with Crippen LogP contribution in [-0.2, 0) is 0 Å². The minimum atomic E-state index is -0.280. The molecular formula is C23H22N4O3S. The highest BCUT2D eigenvalue weighted by Gasteiger charge is 2.17. The number of carbonyl (C=O) groups is 1. The average Bonchev–Trinajstić information content (AvgIpc) is 3.40. The van der Waals surface area contributed by atoms with Crippen LogP contribution in [0.2, 0.25) is 0 Å². The number of hydrogen-bond donors (Lipinski definition) is 1. The Morgan fingerprint density at radius 3 is 2.45 bits per heavy atom. The van der Waals surface area contributed by atoms with E-state index in [4.69, 9.17) is 14.5 Å². The van der Waals surface area contributed by atoms with E-state index in [2.05, 4.69) is 29.5 Å². The molecule has 158 valence electrons. The predicted octanol–water partition coefficient (Wildman–Crippen LogP) is 4.88. The van der Waals surface area contributed by atoms with Crippen LogP contribution in [0.25, 0.3) is 16.4 Å². The molecule has 0 saturated carbocycles. The van der Waals surface area contributed by atoms with Crippen molar-refractivity contribution in [2.24, 2.45) is 0 Å². The Morgan fingerprint density at radius 1 is 1.00 bits per heavy atom. The van der Waals surface area contributed by atoms with Gasteiger partial charge in [-0.15, -0.1) is 11.3 Å². The third-order valence-corrected chi connectivity index (χ3v) is 5.56. The summed E-state index contributed by atoms with van der Waals surface area (Å²) in [4.78, 5) is 17.6. The number of ether oxygens (including phenoxy) is 2. The molecule has 4 rings (SSSR count). The van der Waals surface area contributed by atoms with Crippen molar-refractivity contribution < 1.29 is 14.3 Å². The Balaban J connectivity index is 1.61. The van der Waals surface area contributed by atoms with Gasteiger partial charge in [-0.1, -0.05) is 29.8 Å². The zero-order valence-electron chi connectivity index (χ0n) is 17.7. The minimum Gasteiger partial charge on any atom is -0.493 e. The van der Waals surface area contributed by atoms with Gasteiger partial charge in [-0.3, -0.25) is 4.79 Å². The zero-order chi connectivity index (χ0) is 22.0. The van der Waals surface area contributed by atoms with Crippen molar-refractivity contribution >= 4 is 23.1 Å². The summed E-state index contributed by atoms with van der Waals surface area (Å²) in [5, 5.41) is 10.1. The number of anilines is 1. The standard InChI is InChI=1S/C23H22N4O3S/c1-14-5-7-16(8-6-14)18-13-31-23(24-18)27-21(11-15(2)26-27)25-22(28)17-9-10-19(29-3)20(12-17)30-4/h5-13H,1-4H3,(H,25,28). The first-order chi connectivity index (χ1) is 15.0. The fourth-order valence-corrected chi connectivity index (χ4v) is 3.91. The zero-order valence-corrected chi connectivity index (χ0v) is 18.5. The summed E-state index contributed by atoms with van der Waals surface area (Å²) in [6, 6.07) is 15.0. The molecule has 4 aromatic rings. The van der Waals surface area contributed by atoms with Gasteiger partial charge in [0.1, 0.15) is 5.82 Å². The van der Waals surface area contributed by atoms with E-state index in [-0.39, 0.29) is 5.91 Å². The van der Waals surface area contributed by atoms with Crippen molar-refractivity contribution in [1.29, 1.82) is 0 Å². The lowest BCUT2D eigenvalue weighted by molar-refractivity contribution is 0.102. The van der Waals surface area contributed by atoms with Gasteiger partial charge in [-0.05, 0) is 32.0 Å². The fraction of sp³-hybridized carbons (Fsp3) is 0.174. The molecule has 1 amide bonds. The maximum Gasteiger partial charge on any atom is 0.256 e. The third-order valence-electron chi connectivity index (χ3n) is 4.74. The topological polar surface area (TPSA) is 78.3 Å². The first-order valence-electron chi connectivity index (χ1n) is 9.61. The van der Waals surface area contributed by atoms with Crippen LogP contribution in [0.5, 0.6) is 11.5 Å². The number of nitrogens with zero attached hydrogens (tertiary/aromatic N) is 3. The van der Waals surface area contributed by atoms with Gasteiger partial charge in [-0.25, -0.2) is 4.98 Å². The molecule has 0 spiro atoms. The first-order valence-corrected chi connectivity index (χ1v) is 10.5. The molecule has 0 radical (unpaired) electrons. The molecule has 2 aromatic carbocycles. The average molecular weight is 435 g/mol. The Labute approximate surface area is 184 Å². The fourth-order valence-electron chi connectivity index (χ4n) is 3.12. The predicted molar refractivity (Wildman–Crippen MR) is 122 cm³/mol. The van der Waals surface area contributed by atoms with Gasteiger partial charge < -0.3 is 14.8 Å². The highest BCUT2D eigenvalue weighted by atomic mass is 32.1. The molecule has 31 heavy (non-hydrogen) atoms. The molecule has 0 aliphatic carbocycles. The van der Waals surface area contributed by atoms with Gasteiger partial charge in [0.05, 0.1) is 25.6 Å². The Kier molecular flexibility index (Phi) is 5.73. The minimum absolute atomic E-state index is 0.280. The number of thiazole rings is 1. The Morgan fingerprint density at radius 2 is 1.74 bits per heavy atom. The molecule has 2 aromatic heterocycles. The lowest BCUT2D eigenvalue weighted by atomic mass is 10.1. The normalized spacial score (nSPS) is 10.7. The maximum absolute atomic E-state index is 12.9. The molecule has 0 fully saturated rings. The van der Waals surface area contributed by atoms with Crippen LogP contribution in [0.3, 0.4) is 0 Å². The molecule has 0 unspecified atom stereocenters. The van der Waals surface area contributed by atoms with E-state index < -0.39 is 0 Å². The molecule has 0 bridgehead atoms. The highest BCUT2D eigenvalue weighted by Crippen LogP contribution is 2.29. The summed E-state index contributed by atoms with van der Waals surface area (Å²) in [7, 11) is 3.09. The van der Waals surface area contributed by atoms with Gasteiger partial charge in [0, 0.05) is 22.6 Å². The lowest BCUT2D eigenvalue weighted by Crippen LogP contribution is -2.15. The van der Waals surface area contributed by atoms with Crippen LogP contribution < -0.4 is 14.8 Å². The van der Waals surface area contributed by atoms with Crippen LogP contribution in [0.4, 0.5) is 5.82 Å². The van der Waals surface area contributed by atoms with Gasteiger partial charge in [0.2, 0.25) is 5.13 Å². The van der Waals surface area contributed by atoms with Gasteiger partial charge >= 0.3 is 0 Å². The van der Waals surface area contributed by atoms with E-state index in [9.17, 15) is 4.79 Å². The number of aromatic nitrogens is 3. The van der Waals surface area contributed by atoms with Crippen molar-refractivity contribution in [2.75, 3.05) is 19.5 Å². The van der Waals surface area contributed by atoms with Crippen LogP contribution in [0.1, 0.15) is 21.6 Å². The second-order valence-corrected chi connectivity index (χ2v) is 7.82. The molecule has 7 nitrogen and oxygen atoms in total. The largest absolute Gasteiger partial charge is 0.493 e. The van der Waals surface area contributed by atoms with Gasteiger partial charge in [-0.2, -0.15) is 9.78 Å². The van der Waals surface area contributed by atoms with Crippen molar-refractivity contribution in [3.05, 3.63) is 70.7 Å². The SMILES string of the molecule is COc1ccc(C(=O)Nc2cc(C)nn2-c2nc(-c3ccc(C)cc3)cs2)cc1OC. The number of hydrogen-bond acceptors (Lipinski definition) is 6. The number of nitrogens with one attached hydrogen (secondary N) is 1. The second kappa shape index (κ2) is 8.61. The van der Waals surface area contributed by atoms with Crippen LogP contribution in [0.15, 0.2) is 53.9 Å². The number of methoxy groups -OCH3 is 2. The molecule has 0 atom stereocenters. The summed E-state index contributed by atoms with van der Waals surface area (Å²) in [6.07, 6.45) is 0. The van der Waals surface area contributed by atoms with E-state index in [0.717, 1.165) is 17.0 Å². The van der Waals surface area contributed by atoms with Crippen LogP contribution in [0, 0.1) is 13.8 Å². The van der Waals surface area contributed by atoms with E-state index in [1.165, 1.54) is 24.0 Å². The van der Waals surface area contributed by atoms with Crippen molar-refractivity contribution in [3.63, 3.8) is 0 Å². The van der Waals surface area contributed by atoms with Crippen LogP contribution >= 0.6 is 11.3 Å². The Bertz CT molecular complexity index is 1230. The summed E-state index contributed by atoms with van der Waals surface area (Å²) >= 11 is 1.46. The summed E-state index contributed by atoms with van der Waals surface area (Å²) in [6.45, 7) is 3.92. The summed E-state index contributed by atoms with van der Waals surface area (Å²) in [5.74, 6) is 1.31. The number of amides is 1. The van der Waals surface area contributed by atoms with E-state index in [1.54, 1.807) is 30.0 Å². The molecular weight excluding hydrogens is 412 g/mol. The molecule has 0 aliphatic heterocycles. The van der Waals surface area contributed by atoms with E-state index in [1.807, 2.05) is 30.5 Å². The maximum atomic E-state index is 12.9. The van der Waals surface area contributed by atoms with Crippen molar-refractivity contribution in [3.8, 4) is 27.9 Å². The third kappa shape index (κ3) is 4.29. The monoisotopic (exact) mass is 434 g/mol. The highest BCUT2D eigenvalue weighted by molar-refractivity contribution is 7.12. The van der Waals surface area contributed by atoms with Crippen molar-refractivity contribution in [2.45, 2.75) is 13.8 Å². The van der Waals surface area contributed by atoms with E-state index in [0.29, 0.717) is 28.0 Å². The molecule has 0 aliphatic rings. The first kappa shape index (κ1) is 20.6. The summed E-state index contributed by atoms with van der Waals surface area (Å²) < 4.78 is 12.2. The van der Waals surface area contributed by atoms with Crippen molar-refractivity contribution in [1.82, 2.24) is 14.8 Å². The van der Waals surface area contributed by atoms with Crippen LogP contribution in [-0.4, -0.2) is 34.9 Å². The van der Waals surface area contributed by atoms with Gasteiger partial charge in [0.25, 0.3) is 5.91 Å². The smallest absolute Gasteiger partial charge is 0.256 e. The molecule has 1 N–H and O–H groups in total. The van der Waals surface area contributed by atoms with Gasteiger partial charge in [0.15, 0.2) is 11.5 Å². The van der Waals surface area contributed by atoms with E-state index >= 15 is 0 Å². The molecule has 8 heteroatoms. The molecule has 2 heterocycles. The lowest BCUT2D eigenvalue weighted by Gasteiger charge is -2.10. The number of aryl methyl sites for hydroxylation is 2. The number of rotatable bonds is 6. The second-order valence-electron chi connectivity index (χ2n) is 6.99. The molecule has 0 saturated heterocycles.